The Morgan fingerprint density at radius 3 is 2.77 bits per heavy atom. The van der Waals surface area contributed by atoms with Crippen LogP contribution in [0, 0.1) is 12.8 Å². The van der Waals surface area contributed by atoms with E-state index in [1.807, 2.05) is 0 Å². The van der Waals surface area contributed by atoms with Crippen LogP contribution in [0.1, 0.15) is 35.8 Å². The number of amides is 1. The standard InChI is InChI=1S/C27H29F4N7O2/c1-15-9-18-10-21(33-15)20-13-32-37(3)25(20)40-8-4-5-17(12-28)14-38-23-7-6-19(34-16(2)27(29,30)31)11-22(23)35-26(38)36-24(18)39/h6-7,9-11,13,16-17,34H,4-5,8,12,14H2,1-3H3,(H,35,36,39)/t16-,17+/m1/s1. The lowest BCUT2D eigenvalue weighted by molar-refractivity contribution is -0.138. The molecule has 0 saturated heterocycles. The van der Waals surface area contributed by atoms with Crippen molar-refractivity contribution in [3.05, 3.63) is 47.8 Å². The van der Waals surface area contributed by atoms with Crippen LogP contribution >= 0.6 is 0 Å². The molecule has 5 rings (SSSR count). The molecule has 4 aromatic rings. The number of ether oxygens (including phenoxy) is 1. The number of aromatic nitrogens is 5. The van der Waals surface area contributed by atoms with Gasteiger partial charge in [-0.2, -0.15) is 18.3 Å². The molecule has 1 amide bonds. The molecule has 0 aliphatic carbocycles. The number of carbonyl (C=O) groups is 1. The highest BCUT2D eigenvalue weighted by Crippen LogP contribution is 2.31. The van der Waals surface area contributed by atoms with Gasteiger partial charge in [-0.25, -0.2) is 9.67 Å². The van der Waals surface area contributed by atoms with Crippen molar-refractivity contribution in [2.75, 3.05) is 23.9 Å². The van der Waals surface area contributed by atoms with Crippen molar-refractivity contribution in [1.29, 1.82) is 0 Å². The smallest absolute Gasteiger partial charge is 0.408 e. The Hall–Kier alpha value is -4.16. The first-order chi connectivity index (χ1) is 19.0. The second-order valence-corrected chi connectivity index (χ2v) is 9.99. The SMILES string of the molecule is Cc1cc2cc(n1)-c1cnn(C)c1OCCC[C@@H](CF)Cn1c(nc3cc(N[C@H](C)C(F)(F)F)ccc31)NC2=O. The van der Waals surface area contributed by atoms with Crippen LogP contribution in [0.5, 0.6) is 5.88 Å². The number of alkyl halides is 4. The van der Waals surface area contributed by atoms with E-state index in [1.165, 1.54) is 12.1 Å². The predicted molar refractivity (Wildman–Crippen MR) is 142 cm³/mol. The van der Waals surface area contributed by atoms with Crippen molar-refractivity contribution in [1.82, 2.24) is 24.3 Å². The summed E-state index contributed by atoms with van der Waals surface area (Å²) >= 11 is 0. The number of fused-ring (bicyclic) bond motifs is 7. The highest BCUT2D eigenvalue weighted by atomic mass is 19.4. The van der Waals surface area contributed by atoms with Crippen LogP contribution in [0.25, 0.3) is 22.3 Å². The average Bonchev–Trinajstić information content (AvgIpc) is 3.43. The minimum absolute atomic E-state index is 0.170. The fourth-order valence-electron chi connectivity index (χ4n) is 4.73. The van der Waals surface area contributed by atoms with E-state index in [4.69, 9.17) is 4.74 Å². The van der Waals surface area contributed by atoms with Gasteiger partial charge in [0.1, 0.15) is 6.04 Å². The lowest BCUT2D eigenvalue weighted by Gasteiger charge is -2.19. The van der Waals surface area contributed by atoms with Gasteiger partial charge in [-0.05, 0) is 57.0 Å². The summed E-state index contributed by atoms with van der Waals surface area (Å²) in [6, 6.07) is 6.11. The summed E-state index contributed by atoms with van der Waals surface area (Å²) in [5.41, 5.74) is 3.19. The van der Waals surface area contributed by atoms with Gasteiger partial charge in [0.05, 0.1) is 41.8 Å². The summed E-state index contributed by atoms with van der Waals surface area (Å²) in [5.74, 6) is -0.214. The molecule has 2 N–H and O–H groups in total. The van der Waals surface area contributed by atoms with Crippen molar-refractivity contribution < 1.29 is 27.1 Å². The Labute approximate surface area is 227 Å². The monoisotopic (exact) mass is 559 g/mol. The zero-order valence-electron chi connectivity index (χ0n) is 22.2. The number of carbonyl (C=O) groups excluding carboxylic acids is 1. The van der Waals surface area contributed by atoms with Gasteiger partial charge in [0.25, 0.3) is 5.91 Å². The molecule has 13 heteroatoms. The van der Waals surface area contributed by atoms with Gasteiger partial charge in [-0.3, -0.25) is 19.5 Å². The number of imidazole rings is 1. The van der Waals surface area contributed by atoms with Crippen LogP contribution < -0.4 is 15.4 Å². The number of hydrogen-bond acceptors (Lipinski definition) is 6. The first-order valence-electron chi connectivity index (χ1n) is 12.9. The van der Waals surface area contributed by atoms with E-state index in [-0.39, 0.29) is 18.2 Å². The van der Waals surface area contributed by atoms with Crippen molar-refractivity contribution >= 4 is 28.6 Å². The molecule has 2 bridgehead atoms. The van der Waals surface area contributed by atoms with Crippen LogP contribution in [0.2, 0.25) is 0 Å². The van der Waals surface area contributed by atoms with E-state index in [9.17, 15) is 22.4 Å². The average molecular weight is 560 g/mol. The third-order valence-corrected chi connectivity index (χ3v) is 6.88. The number of anilines is 2. The topological polar surface area (TPSA) is 98.9 Å². The molecule has 0 radical (unpaired) electrons. The van der Waals surface area contributed by atoms with E-state index in [1.54, 1.807) is 47.6 Å². The van der Waals surface area contributed by atoms with Gasteiger partial charge in [-0.15, -0.1) is 0 Å². The Balaban J connectivity index is 1.57. The number of aryl methyl sites for hydroxylation is 2. The molecule has 212 valence electrons. The summed E-state index contributed by atoms with van der Waals surface area (Å²) in [6.45, 7) is 2.70. The number of halogens is 4. The third-order valence-electron chi connectivity index (χ3n) is 6.88. The van der Waals surface area contributed by atoms with Gasteiger partial charge in [0.15, 0.2) is 0 Å². The maximum Gasteiger partial charge on any atom is 0.408 e. The van der Waals surface area contributed by atoms with E-state index in [2.05, 4.69) is 25.7 Å². The molecule has 2 atom stereocenters. The van der Waals surface area contributed by atoms with Gasteiger partial charge < -0.3 is 14.6 Å². The molecular formula is C27H29F4N7O2. The van der Waals surface area contributed by atoms with Crippen LogP contribution in [-0.2, 0) is 13.6 Å². The maximum absolute atomic E-state index is 14.2. The molecule has 0 saturated carbocycles. The highest BCUT2D eigenvalue weighted by Gasteiger charge is 2.36. The zero-order valence-corrected chi connectivity index (χ0v) is 22.2. The Bertz CT molecular complexity index is 1550. The van der Waals surface area contributed by atoms with Crippen molar-refractivity contribution in [3.63, 3.8) is 0 Å². The normalized spacial score (nSPS) is 17.2. The Morgan fingerprint density at radius 2 is 2.02 bits per heavy atom. The van der Waals surface area contributed by atoms with E-state index in [0.29, 0.717) is 58.9 Å². The Morgan fingerprint density at radius 1 is 1.23 bits per heavy atom. The lowest BCUT2D eigenvalue weighted by Crippen LogP contribution is -2.33. The first-order valence-corrected chi connectivity index (χ1v) is 12.9. The summed E-state index contributed by atoms with van der Waals surface area (Å²) in [6.07, 6.45) is -1.76. The van der Waals surface area contributed by atoms with E-state index in [0.717, 1.165) is 6.92 Å². The molecule has 9 nitrogen and oxygen atoms in total. The summed E-state index contributed by atoms with van der Waals surface area (Å²) < 4.78 is 62.7. The van der Waals surface area contributed by atoms with Crippen LogP contribution in [0.4, 0.5) is 29.2 Å². The van der Waals surface area contributed by atoms with Crippen LogP contribution in [0.3, 0.4) is 0 Å². The number of nitrogens with one attached hydrogen (secondary N) is 2. The molecule has 4 heterocycles. The maximum atomic E-state index is 14.2. The fraction of sp³-hybridized carbons (Fsp3) is 0.407. The minimum atomic E-state index is -4.42. The fourth-order valence-corrected chi connectivity index (χ4v) is 4.73. The minimum Gasteiger partial charge on any atom is -0.477 e. The third kappa shape index (κ3) is 5.58. The number of rotatable bonds is 3. The number of pyridine rings is 1. The molecule has 0 unspecified atom stereocenters. The van der Waals surface area contributed by atoms with E-state index < -0.39 is 30.7 Å². The van der Waals surface area contributed by atoms with Crippen LogP contribution in [0.15, 0.2) is 36.5 Å². The second-order valence-electron chi connectivity index (χ2n) is 9.99. The quantitative estimate of drug-likeness (QED) is 0.321. The van der Waals surface area contributed by atoms with Crippen molar-refractivity contribution in [2.45, 2.75) is 45.5 Å². The summed E-state index contributed by atoms with van der Waals surface area (Å²) in [4.78, 5) is 22.5. The molecule has 40 heavy (non-hydrogen) atoms. The molecule has 1 aliphatic heterocycles. The van der Waals surface area contributed by atoms with Gasteiger partial charge in [0, 0.05) is 36.5 Å². The molecule has 3 aromatic heterocycles. The predicted octanol–water partition coefficient (Wildman–Crippen LogP) is 5.51. The molecule has 0 spiro atoms. The molecule has 1 aromatic carbocycles. The van der Waals surface area contributed by atoms with E-state index >= 15 is 0 Å². The molecule has 1 aliphatic rings. The number of nitrogens with zero attached hydrogens (tertiary/aromatic N) is 5. The van der Waals surface area contributed by atoms with Crippen molar-refractivity contribution in [3.8, 4) is 17.1 Å². The largest absolute Gasteiger partial charge is 0.477 e. The second kappa shape index (κ2) is 10.8. The van der Waals surface area contributed by atoms with Crippen LogP contribution in [-0.4, -0.2) is 55.7 Å². The highest BCUT2D eigenvalue weighted by molar-refractivity contribution is 6.05. The first kappa shape index (κ1) is 27.4. The van der Waals surface area contributed by atoms with Gasteiger partial charge >= 0.3 is 6.18 Å². The molecular weight excluding hydrogens is 530 g/mol. The Kier molecular flexibility index (Phi) is 7.39. The number of benzene rings is 1. The zero-order chi connectivity index (χ0) is 28.6. The number of hydrogen-bond donors (Lipinski definition) is 2. The van der Waals surface area contributed by atoms with Crippen molar-refractivity contribution in [2.24, 2.45) is 13.0 Å². The summed E-state index contributed by atoms with van der Waals surface area (Å²) in [5, 5.41) is 9.54. The lowest BCUT2D eigenvalue weighted by atomic mass is 10.0. The van der Waals surface area contributed by atoms with Gasteiger partial charge in [0.2, 0.25) is 11.8 Å². The summed E-state index contributed by atoms with van der Waals surface area (Å²) in [7, 11) is 1.75. The van der Waals surface area contributed by atoms with Gasteiger partial charge in [-0.1, -0.05) is 0 Å². The molecule has 0 fully saturated rings.